The lowest BCUT2D eigenvalue weighted by molar-refractivity contribution is 0.553. The molecule has 0 bridgehead atoms. The van der Waals surface area contributed by atoms with Gasteiger partial charge >= 0.3 is 5.69 Å². The molecule has 2 rings (SSSR count). The van der Waals surface area contributed by atoms with Crippen LogP contribution in [0.1, 0.15) is 25.7 Å². The third-order valence-electron chi connectivity index (χ3n) is 2.85. The number of unbranched alkanes of at least 4 members (excludes halogenated alkanes) is 1. The van der Waals surface area contributed by atoms with Crippen LogP contribution in [-0.2, 0) is 13.6 Å². The summed E-state index contributed by atoms with van der Waals surface area (Å²) < 4.78 is 3.39. The van der Waals surface area contributed by atoms with Gasteiger partial charge in [0.25, 0.3) is 0 Å². The van der Waals surface area contributed by atoms with E-state index in [2.05, 4.69) is 5.32 Å². The van der Waals surface area contributed by atoms with Crippen molar-refractivity contribution in [2.75, 3.05) is 6.54 Å². The maximum absolute atomic E-state index is 11.5. The Morgan fingerprint density at radius 1 is 1.40 bits per heavy atom. The van der Waals surface area contributed by atoms with E-state index >= 15 is 0 Å². The first-order valence-electron chi connectivity index (χ1n) is 5.72. The van der Waals surface area contributed by atoms with Crippen LogP contribution in [-0.4, -0.2) is 21.7 Å². The number of rotatable bonds is 6. The van der Waals surface area contributed by atoms with Gasteiger partial charge in [-0.3, -0.25) is 4.57 Å². The van der Waals surface area contributed by atoms with Gasteiger partial charge in [-0.1, -0.05) is 0 Å². The van der Waals surface area contributed by atoms with Crippen LogP contribution in [0.2, 0.25) is 0 Å². The van der Waals surface area contributed by atoms with Crippen molar-refractivity contribution in [2.45, 2.75) is 38.3 Å². The lowest BCUT2D eigenvalue weighted by Crippen LogP contribution is -2.23. The van der Waals surface area contributed by atoms with E-state index in [0.29, 0.717) is 0 Å². The van der Waals surface area contributed by atoms with E-state index in [-0.39, 0.29) is 5.69 Å². The van der Waals surface area contributed by atoms with Crippen LogP contribution < -0.4 is 11.0 Å². The second-order valence-corrected chi connectivity index (χ2v) is 4.32. The van der Waals surface area contributed by atoms with E-state index in [9.17, 15) is 4.79 Å². The van der Waals surface area contributed by atoms with E-state index in [4.69, 9.17) is 0 Å². The van der Waals surface area contributed by atoms with Gasteiger partial charge in [0.2, 0.25) is 0 Å². The maximum Gasteiger partial charge on any atom is 0.327 e. The molecule has 4 heteroatoms. The van der Waals surface area contributed by atoms with Crippen molar-refractivity contribution in [3.63, 3.8) is 0 Å². The van der Waals surface area contributed by atoms with Gasteiger partial charge in [-0.2, -0.15) is 0 Å². The van der Waals surface area contributed by atoms with Crippen molar-refractivity contribution >= 4 is 0 Å². The molecule has 84 valence electrons. The molecule has 0 amide bonds. The van der Waals surface area contributed by atoms with Gasteiger partial charge in [0.05, 0.1) is 0 Å². The van der Waals surface area contributed by atoms with Crippen LogP contribution >= 0.6 is 0 Å². The average Bonchev–Trinajstić information content (AvgIpc) is 2.99. The number of aromatic nitrogens is 2. The Bertz CT molecular complexity index is 362. The van der Waals surface area contributed by atoms with Crippen molar-refractivity contribution in [1.29, 1.82) is 0 Å². The second-order valence-electron chi connectivity index (χ2n) is 4.32. The monoisotopic (exact) mass is 209 g/mol. The summed E-state index contributed by atoms with van der Waals surface area (Å²) >= 11 is 0. The van der Waals surface area contributed by atoms with Crippen molar-refractivity contribution < 1.29 is 0 Å². The molecular formula is C11H19N3O. The first-order valence-corrected chi connectivity index (χ1v) is 5.72. The Labute approximate surface area is 89.9 Å². The Morgan fingerprint density at radius 3 is 2.80 bits per heavy atom. The van der Waals surface area contributed by atoms with Crippen molar-refractivity contribution in [2.24, 2.45) is 7.05 Å². The molecular weight excluding hydrogens is 190 g/mol. The van der Waals surface area contributed by atoms with Gasteiger partial charge in [0, 0.05) is 32.0 Å². The smallest absolute Gasteiger partial charge is 0.314 e. The predicted molar refractivity (Wildman–Crippen MR) is 59.9 cm³/mol. The third-order valence-corrected chi connectivity index (χ3v) is 2.85. The summed E-state index contributed by atoms with van der Waals surface area (Å²) in [5, 5.41) is 3.47. The van der Waals surface area contributed by atoms with Crippen LogP contribution in [0.5, 0.6) is 0 Å². The highest BCUT2D eigenvalue weighted by Gasteiger charge is 2.19. The molecule has 1 heterocycles. The van der Waals surface area contributed by atoms with E-state index in [1.165, 1.54) is 12.8 Å². The minimum absolute atomic E-state index is 0.0881. The molecule has 1 aliphatic rings. The SMILES string of the molecule is Cn1ccn(CCCCNC2CC2)c1=O. The number of imidazole rings is 1. The normalized spacial score (nSPS) is 15.8. The van der Waals surface area contributed by atoms with E-state index in [1.807, 2.05) is 12.4 Å². The largest absolute Gasteiger partial charge is 0.327 e. The van der Waals surface area contributed by atoms with Gasteiger partial charge < -0.3 is 9.88 Å². The summed E-state index contributed by atoms with van der Waals surface area (Å²) in [6.45, 7) is 1.93. The summed E-state index contributed by atoms with van der Waals surface area (Å²) in [6.07, 6.45) is 8.58. The molecule has 0 aromatic carbocycles. The first-order chi connectivity index (χ1) is 7.27. The molecule has 15 heavy (non-hydrogen) atoms. The lowest BCUT2D eigenvalue weighted by Gasteiger charge is -2.03. The zero-order valence-electron chi connectivity index (χ0n) is 9.28. The molecule has 1 aromatic rings. The Kier molecular flexibility index (Phi) is 3.26. The Hall–Kier alpha value is -1.03. The molecule has 0 atom stereocenters. The Balaban J connectivity index is 1.64. The summed E-state index contributed by atoms with van der Waals surface area (Å²) in [7, 11) is 1.79. The van der Waals surface area contributed by atoms with Crippen LogP contribution in [0.3, 0.4) is 0 Å². The topological polar surface area (TPSA) is 39.0 Å². The highest BCUT2D eigenvalue weighted by Crippen LogP contribution is 2.18. The van der Waals surface area contributed by atoms with E-state index in [0.717, 1.165) is 32.0 Å². The van der Waals surface area contributed by atoms with Crippen LogP contribution in [0.15, 0.2) is 17.2 Å². The zero-order chi connectivity index (χ0) is 10.7. The average molecular weight is 209 g/mol. The number of aryl methyl sites for hydroxylation is 2. The standard InChI is InChI=1S/C11H19N3O/c1-13-8-9-14(11(13)15)7-3-2-6-12-10-4-5-10/h8-10,12H,2-7H2,1H3. The molecule has 1 saturated carbocycles. The highest BCUT2D eigenvalue weighted by molar-refractivity contribution is 4.81. The number of hydrogen-bond acceptors (Lipinski definition) is 2. The lowest BCUT2D eigenvalue weighted by atomic mass is 10.3. The molecule has 1 N–H and O–H groups in total. The van der Waals surface area contributed by atoms with Gasteiger partial charge in [-0.05, 0) is 32.2 Å². The molecule has 1 aromatic heterocycles. The summed E-state index contributed by atoms with van der Waals surface area (Å²) in [5.41, 5.74) is 0.0881. The molecule has 4 nitrogen and oxygen atoms in total. The van der Waals surface area contributed by atoms with Crippen LogP contribution in [0.25, 0.3) is 0 Å². The number of hydrogen-bond donors (Lipinski definition) is 1. The minimum Gasteiger partial charge on any atom is -0.314 e. The summed E-state index contributed by atoms with van der Waals surface area (Å²) in [6, 6.07) is 0.796. The van der Waals surface area contributed by atoms with Gasteiger partial charge in [0.15, 0.2) is 0 Å². The minimum atomic E-state index is 0.0881. The van der Waals surface area contributed by atoms with Crippen molar-refractivity contribution in [3.8, 4) is 0 Å². The van der Waals surface area contributed by atoms with Crippen molar-refractivity contribution in [3.05, 3.63) is 22.9 Å². The van der Waals surface area contributed by atoms with E-state index < -0.39 is 0 Å². The molecule has 0 aliphatic heterocycles. The Morgan fingerprint density at radius 2 is 2.20 bits per heavy atom. The fraction of sp³-hybridized carbons (Fsp3) is 0.727. The van der Waals surface area contributed by atoms with Gasteiger partial charge in [-0.25, -0.2) is 4.79 Å². The summed E-state index contributed by atoms with van der Waals surface area (Å²) in [5.74, 6) is 0. The predicted octanol–water partition coefficient (Wildman–Crippen LogP) is 0.719. The molecule has 0 unspecified atom stereocenters. The quantitative estimate of drug-likeness (QED) is 0.701. The molecule has 0 radical (unpaired) electrons. The van der Waals surface area contributed by atoms with Crippen molar-refractivity contribution in [1.82, 2.24) is 14.5 Å². The molecule has 0 saturated heterocycles. The number of nitrogens with one attached hydrogen (secondary N) is 1. The molecule has 1 aliphatic carbocycles. The third kappa shape index (κ3) is 2.96. The number of nitrogens with zero attached hydrogens (tertiary/aromatic N) is 2. The van der Waals surface area contributed by atoms with E-state index in [1.54, 1.807) is 16.2 Å². The van der Waals surface area contributed by atoms with Crippen LogP contribution in [0, 0.1) is 0 Å². The summed E-state index contributed by atoms with van der Waals surface area (Å²) in [4.78, 5) is 11.5. The van der Waals surface area contributed by atoms with Gasteiger partial charge in [0.1, 0.15) is 0 Å². The fourth-order valence-electron chi connectivity index (χ4n) is 1.68. The fourth-order valence-corrected chi connectivity index (χ4v) is 1.68. The zero-order valence-corrected chi connectivity index (χ0v) is 9.28. The molecule has 0 spiro atoms. The maximum atomic E-state index is 11.5. The van der Waals surface area contributed by atoms with Gasteiger partial charge in [-0.15, -0.1) is 0 Å². The molecule has 1 fully saturated rings. The second kappa shape index (κ2) is 4.66. The van der Waals surface area contributed by atoms with Crippen LogP contribution in [0.4, 0.5) is 0 Å². The highest BCUT2D eigenvalue weighted by atomic mass is 16.1. The first kappa shape index (κ1) is 10.5.